The maximum absolute atomic E-state index is 13.8. The van der Waals surface area contributed by atoms with E-state index in [2.05, 4.69) is 54.6 Å². The first-order valence-corrected chi connectivity index (χ1v) is 22.4. The Hall–Kier alpha value is -1.97. The zero-order chi connectivity index (χ0) is 35.1. The molecule has 0 aromatic heterocycles. The number of fused-ring (bicyclic) bond motifs is 7. The topological polar surface area (TPSA) is 91.1 Å². The third-order valence-electron chi connectivity index (χ3n) is 15.9. The van der Waals surface area contributed by atoms with Crippen LogP contribution in [-0.4, -0.2) is 48.7 Å². The molecule has 1 spiro atoms. The second-order valence-corrected chi connectivity index (χ2v) is 23.9. The van der Waals surface area contributed by atoms with Crippen LogP contribution in [0.25, 0.3) is 0 Å². The molecular weight excluding hydrogens is 633 g/mol. The summed E-state index contributed by atoms with van der Waals surface area (Å²) in [5, 5.41) is 11.3. The molecule has 2 heterocycles. The van der Waals surface area contributed by atoms with E-state index in [1.165, 1.54) is 57.1 Å². The van der Waals surface area contributed by atoms with E-state index >= 15 is 0 Å². The molecule has 0 bridgehead atoms. The summed E-state index contributed by atoms with van der Waals surface area (Å²) < 4.78 is 20.1. The molecule has 0 radical (unpaired) electrons. The van der Waals surface area contributed by atoms with Crippen LogP contribution >= 0.6 is 0 Å². The number of benzene rings is 1. The van der Waals surface area contributed by atoms with Crippen LogP contribution in [0.2, 0.25) is 18.1 Å². The van der Waals surface area contributed by atoms with Crippen LogP contribution in [0.15, 0.2) is 24.3 Å². The summed E-state index contributed by atoms with van der Waals surface area (Å²) in [5.74, 6) is 3.71. The first-order valence-electron chi connectivity index (χ1n) is 19.5. The smallest absolute Gasteiger partial charge is 0.412 e. The summed E-state index contributed by atoms with van der Waals surface area (Å²) >= 11 is 0. The van der Waals surface area contributed by atoms with Crippen molar-refractivity contribution >= 4 is 20.1 Å². The van der Waals surface area contributed by atoms with Crippen LogP contribution < -0.4 is 0 Å². The monoisotopic (exact) mass is 694 g/mol. The van der Waals surface area contributed by atoms with Gasteiger partial charge in [0.25, 0.3) is 5.69 Å². The van der Waals surface area contributed by atoms with Gasteiger partial charge < -0.3 is 13.9 Å². The second kappa shape index (κ2) is 12.3. The van der Waals surface area contributed by atoms with E-state index in [9.17, 15) is 14.9 Å². The standard InChI is InChI=1S/C40H62N2O6Si/c1-26-35-34(47-40(26)19-9-10-22-41(40)36(43)46-25-27-11-14-29(15-12-27)42(44)45)24-33-31-16-13-28-23-30(48-49(7,8)37(2,3)4)17-20-38(28,5)32(31)18-21-39(33,35)6/h11-12,14-15,26,28,30-35H,9-10,13,16-25H2,1-8H3/t26-,28+,30+,31+,32-,33-,34-,35-,38-,39-,40-/m0/s1. The number of carbonyl (C=O) groups is 1. The Bertz CT molecular complexity index is 1430. The lowest BCUT2D eigenvalue weighted by molar-refractivity contribution is -0.384. The fraction of sp³-hybridized carbons (Fsp3) is 0.825. The zero-order valence-electron chi connectivity index (χ0n) is 31.5. The van der Waals surface area contributed by atoms with Crippen molar-refractivity contribution in [3.8, 4) is 0 Å². The number of carbonyl (C=O) groups excluding carboxylic acids is 1. The van der Waals surface area contributed by atoms with Crippen molar-refractivity contribution in [2.24, 2.45) is 46.3 Å². The number of nitro benzene ring substituents is 1. The van der Waals surface area contributed by atoms with Crippen LogP contribution in [0, 0.1) is 56.5 Å². The molecule has 6 aliphatic rings. The Morgan fingerprint density at radius 1 is 1.00 bits per heavy atom. The number of piperidine rings is 1. The van der Waals surface area contributed by atoms with E-state index in [-0.39, 0.29) is 40.9 Å². The van der Waals surface area contributed by atoms with Gasteiger partial charge in [-0.3, -0.25) is 15.0 Å². The quantitative estimate of drug-likeness (QED) is 0.173. The van der Waals surface area contributed by atoms with Gasteiger partial charge in [0.2, 0.25) is 0 Å². The van der Waals surface area contributed by atoms with Crippen LogP contribution in [0.4, 0.5) is 10.5 Å². The Kier molecular flexibility index (Phi) is 8.91. The van der Waals surface area contributed by atoms with Crippen molar-refractivity contribution in [3.63, 3.8) is 0 Å². The molecule has 0 N–H and O–H groups in total. The van der Waals surface area contributed by atoms with Crippen LogP contribution in [0.1, 0.15) is 118 Å². The highest BCUT2D eigenvalue weighted by molar-refractivity contribution is 6.74. The van der Waals surface area contributed by atoms with E-state index in [1.807, 2.05) is 4.90 Å². The van der Waals surface area contributed by atoms with Crippen LogP contribution in [0.5, 0.6) is 0 Å². The first-order chi connectivity index (χ1) is 23.0. The van der Waals surface area contributed by atoms with E-state index in [4.69, 9.17) is 13.9 Å². The summed E-state index contributed by atoms with van der Waals surface area (Å²) in [7, 11) is -1.78. The van der Waals surface area contributed by atoms with E-state index in [0.717, 1.165) is 49.0 Å². The highest BCUT2D eigenvalue weighted by atomic mass is 28.4. The number of hydrogen-bond donors (Lipinski definition) is 0. The predicted octanol–water partition coefficient (Wildman–Crippen LogP) is 10.1. The highest BCUT2D eigenvalue weighted by Gasteiger charge is 2.70. The summed E-state index contributed by atoms with van der Waals surface area (Å²) in [6.07, 6.45) is 13.3. The molecule has 2 saturated heterocycles. The van der Waals surface area contributed by atoms with E-state index in [0.29, 0.717) is 29.9 Å². The van der Waals surface area contributed by atoms with Gasteiger partial charge in [-0.15, -0.1) is 0 Å². The van der Waals surface area contributed by atoms with Crippen LogP contribution in [-0.2, 0) is 20.5 Å². The molecule has 4 saturated carbocycles. The molecule has 1 aromatic rings. The first kappa shape index (κ1) is 35.4. The predicted molar refractivity (Wildman–Crippen MR) is 193 cm³/mol. The maximum Gasteiger partial charge on any atom is 0.412 e. The molecule has 1 amide bonds. The lowest BCUT2D eigenvalue weighted by Gasteiger charge is -2.62. The van der Waals surface area contributed by atoms with Crippen LogP contribution in [0.3, 0.4) is 0 Å². The Balaban J connectivity index is 1.04. The van der Waals surface area contributed by atoms with Crippen molar-refractivity contribution in [2.45, 2.75) is 155 Å². The molecular formula is C40H62N2O6Si. The van der Waals surface area contributed by atoms with Gasteiger partial charge in [0, 0.05) is 30.7 Å². The molecule has 6 fully saturated rings. The lowest BCUT2D eigenvalue weighted by Crippen LogP contribution is -2.60. The Labute approximate surface area is 295 Å². The third-order valence-corrected chi connectivity index (χ3v) is 20.5. The van der Waals surface area contributed by atoms with Gasteiger partial charge in [-0.25, -0.2) is 4.79 Å². The number of likely N-dealkylation sites (tertiary alicyclic amines) is 1. The summed E-state index contributed by atoms with van der Waals surface area (Å²) in [6.45, 7) is 20.3. The average Bonchev–Trinajstić information content (AvgIpc) is 3.49. The van der Waals surface area contributed by atoms with Gasteiger partial charge in [0.1, 0.15) is 12.3 Å². The summed E-state index contributed by atoms with van der Waals surface area (Å²) in [6, 6.07) is 6.25. The molecule has 7 rings (SSSR count). The molecule has 272 valence electrons. The maximum atomic E-state index is 13.8. The van der Waals surface area contributed by atoms with Gasteiger partial charge >= 0.3 is 6.09 Å². The van der Waals surface area contributed by atoms with Crippen molar-refractivity contribution in [2.75, 3.05) is 6.54 Å². The number of rotatable bonds is 5. The fourth-order valence-electron chi connectivity index (χ4n) is 12.4. The molecule has 49 heavy (non-hydrogen) atoms. The number of amides is 1. The van der Waals surface area contributed by atoms with Crippen molar-refractivity contribution in [1.82, 2.24) is 4.90 Å². The zero-order valence-corrected chi connectivity index (χ0v) is 32.5. The number of nitro groups is 1. The molecule has 0 unspecified atom stereocenters. The third kappa shape index (κ3) is 5.71. The Morgan fingerprint density at radius 2 is 1.71 bits per heavy atom. The van der Waals surface area contributed by atoms with Gasteiger partial charge in [0.15, 0.2) is 8.32 Å². The molecule has 2 aliphatic heterocycles. The molecule has 11 atom stereocenters. The minimum Gasteiger partial charge on any atom is -0.444 e. The number of ether oxygens (including phenoxy) is 2. The molecule has 8 nitrogen and oxygen atoms in total. The summed E-state index contributed by atoms with van der Waals surface area (Å²) in [5.41, 5.74) is 0.807. The number of hydrogen-bond acceptors (Lipinski definition) is 6. The van der Waals surface area contributed by atoms with Gasteiger partial charge in [0.05, 0.1) is 11.0 Å². The van der Waals surface area contributed by atoms with E-state index < -0.39 is 19.0 Å². The lowest BCUT2D eigenvalue weighted by atomic mass is 9.44. The fourth-order valence-corrected chi connectivity index (χ4v) is 13.8. The largest absolute Gasteiger partial charge is 0.444 e. The van der Waals surface area contributed by atoms with E-state index in [1.54, 1.807) is 12.1 Å². The van der Waals surface area contributed by atoms with Crippen molar-refractivity contribution < 1.29 is 23.6 Å². The average molecular weight is 695 g/mol. The van der Waals surface area contributed by atoms with Crippen molar-refractivity contribution in [1.29, 1.82) is 0 Å². The normalized spacial score (nSPS) is 41.8. The van der Waals surface area contributed by atoms with Gasteiger partial charge in [-0.05, 0) is 147 Å². The number of nitrogens with zero attached hydrogens (tertiary/aromatic N) is 2. The summed E-state index contributed by atoms with van der Waals surface area (Å²) in [4.78, 5) is 26.3. The van der Waals surface area contributed by atoms with Gasteiger partial charge in [-0.1, -0.05) is 41.5 Å². The molecule has 1 aromatic carbocycles. The minimum atomic E-state index is -1.78. The highest BCUT2D eigenvalue weighted by Crippen LogP contribution is 2.71. The Morgan fingerprint density at radius 3 is 2.41 bits per heavy atom. The van der Waals surface area contributed by atoms with Gasteiger partial charge in [-0.2, -0.15) is 0 Å². The minimum absolute atomic E-state index is 0.0341. The van der Waals surface area contributed by atoms with Crippen molar-refractivity contribution in [3.05, 3.63) is 39.9 Å². The second-order valence-electron chi connectivity index (χ2n) is 19.1. The number of non-ortho nitro benzene ring substituents is 1. The molecule has 9 heteroatoms. The SMILES string of the molecule is C[C@H]1[C@H]2[C@H](C[C@H]3[C@@H]4CC[C@@H]5C[C@H](O[Si](C)(C)C(C)(C)C)CC[C@]5(C)[C@H]4CC[C@]23C)O[C@@]12CCCCN2C(=O)OCc1ccc([N+](=O)[O-])cc1. The molecule has 4 aliphatic carbocycles.